The number of nitrogens with one attached hydrogen (secondary N) is 1. The van der Waals surface area contributed by atoms with Gasteiger partial charge >= 0.3 is 0 Å². The van der Waals surface area contributed by atoms with Crippen molar-refractivity contribution in [1.82, 2.24) is 10.2 Å². The Labute approximate surface area is 105 Å². The van der Waals surface area contributed by atoms with Crippen LogP contribution >= 0.6 is 0 Å². The fourth-order valence-electron chi connectivity index (χ4n) is 2.57. The first kappa shape index (κ1) is 12.6. The number of likely N-dealkylation sites (N-methyl/N-ethyl adjacent to an activating group) is 1. The van der Waals surface area contributed by atoms with E-state index in [-0.39, 0.29) is 0 Å². The van der Waals surface area contributed by atoms with Crippen LogP contribution in [0.2, 0.25) is 0 Å². The van der Waals surface area contributed by atoms with Crippen LogP contribution in [0.5, 0.6) is 0 Å². The third kappa shape index (κ3) is 3.55. The molecular weight excluding hydrogens is 208 g/mol. The Hall–Kier alpha value is -0.860. The molecule has 2 nitrogen and oxygen atoms in total. The molecule has 94 valence electrons. The topological polar surface area (TPSA) is 15.3 Å². The molecular formula is C15H24N2. The highest BCUT2D eigenvalue weighted by molar-refractivity contribution is 5.22. The van der Waals surface area contributed by atoms with Crippen molar-refractivity contribution in [3.63, 3.8) is 0 Å². The number of likely N-dealkylation sites (tertiary alicyclic amines) is 1. The molecule has 1 saturated heterocycles. The zero-order chi connectivity index (χ0) is 12.1. The summed E-state index contributed by atoms with van der Waals surface area (Å²) >= 11 is 0. The molecule has 1 aromatic carbocycles. The van der Waals surface area contributed by atoms with Crippen molar-refractivity contribution in [2.45, 2.75) is 38.8 Å². The van der Waals surface area contributed by atoms with Crippen LogP contribution in [0.25, 0.3) is 0 Å². The first-order valence-electron chi connectivity index (χ1n) is 6.79. The van der Waals surface area contributed by atoms with Gasteiger partial charge in [-0.3, -0.25) is 4.90 Å². The Morgan fingerprint density at radius 1 is 1.24 bits per heavy atom. The van der Waals surface area contributed by atoms with Crippen LogP contribution in [-0.2, 0) is 13.0 Å². The van der Waals surface area contributed by atoms with E-state index in [1.165, 1.54) is 37.1 Å². The van der Waals surface area contributed by atoms with E-state index in [0.29, 0.717) is 6.04 Å². The highest BCUT2D eigenvalue weighted by atomic mass is 15.2. The summed E-state index contributed by atoms with van der Waals surface area (Å²) in [5.41, 5.74) is 2.87. The Bertz CT molecular complexity index is 331. The fraction of sp³-hybridized carbons (Fsp3) is 0.600. The molecule has 0 amide bonds. The molecule has 2 heteroatoms. The quantitative estimate of drug-likeness (QED) is 0.857. The first-order valence-corrected chi connectivity index (χ1v) is 6.79. The first-order chi connectivity index (χ1) is 8.31. The van der Waals surface area contributed by atoms with Gasteiger partial charge in [-0.1, -0.05) is 31.2 Å². The molecule has 1 fully saturated rings. The average molecular weight is 232 g/mol. The van der Waals surface area contributed by atoms with Crippen molar-refractivity contribution in [2.75, 3.05) is 20.1 Å². The minimum Gasteiger partial charge on any atom is -0.316 e. The Balaban J connectivity index is 1.90. The van der Waals surface area contributed by atoms with Crippen LogP contribution in [0.3, 0.4) is 0 Å². The highest BCUT2D eigenvalue weighted by Gasteiger charge is 2.17. The number of nitrogens with zero attached hydrogens (tertiary/aromatic N) is 1. The molecule has 0 aromatic heterocycles. The van der Waals surface area contributed by atoms with E-state index in [1.54, 1.807) is 0 Å². The van der Waals surface area contributed by atoms with E-state index in [9.17, 15) is 0 Å². The van der Waals surface area contributed by atoms with Gasteiger partial charge in [0.05, 0.1) is 0 Å². The van der Waals surface area contributed by atoms with Crippen LogP contribution in [0.1, 0.15) is 30.9 Å². The van der Waals surface area contributed by atoms with E-state index in [0.717, 1.165) is 13.0 Å². The second-order valence-electron chi connectivity index (χ2n) is 5.03. The lowest BCUT2D eigenvalue weighted by atomic mass is 10.0. The summed E-state index contributed by atoms with van der Waals surface area (Å²) in [6, 6.07) is 9.76. The predicted molar refractivity (Wildman–Crippen MR) is 73.2 cm³/mol. The van der Waals surface area contributed by atoms with Crippen molar-refractivity contribution >= 4 is 0 Å². The number of benzene rings is 1. The van der Waals surface area contributed by atoms with Crippen molar-refractivity contribution in [2.24, 2.45) is 0 Å². The molecule has 0 spiro atoms. The second-order valence-corrected chi connectivity index (χ2v) is 5.03. The average Bonchev–Trinajstić information content (AvgIpc) is 2.40. The maximum Gasteiger partial charge on any atom is 0.0234 e. The van der Waals surface area contributed by atoms with Gasteiger partial charge in [-0.2, -0.15) is 0 Å². The molecule has 0 radical (unpaired) electrons. The van der Waals surface area contributed by atoms with E-state index in [2.05, 4.69) is 48.5 Å². The van der Waals surface area contributed by atoms with E-state index >= 15 is 0 Å². The van der Waals surface area contributed by atoms with Crippen molar-refractivity contribution in [3.8, 4) is 0 Å². The summed E-state index contributed by atoms with van der Waals surface area (Å²) in [6.45, 7) is 5.74. The Morgan fingerprint density at radius 2 is 1.94 bits per heavy atom. The smallest absolute Gasteiger partial charge is 0.0234 e. The van der Waals surface area contributed by atoms with Gasteiger partial charge in [0.25, 0.3) is 0 Å². The van der Waals surface area contributed by atoms with E-state index < -0.39 is 0 Å². The monoisotopic (exact) mass is 232 g/mol. The molecule has 1 atom stereocenters. The largest absolute Gasteiger partial charge is 0.316 e. The number of hydrogen-bond acceptors (Lipinski definition) is 2. The highest BCUT2D eigenvalue weighted by Crippen LogP contribution is 2.14. The lowest BCUT2D eigenvalue weighted by Crippen LogP contribution is -2.43. The van der Waals surface area contributed by atoms with Crippen LogP contribution in [0.4, 0.5) is 0 Å². The summed E-state index contributed by atoms with van der Waals surface area (Å²) in [5, 5.41) is 3.40. The summed E-state index contributed by atoms with van der Waals surface area (Å²) < 4.78 is 0. The van der Waals surface area contributed by atoms with Gasteiger partial charge in [-0.05, 0) is 44.0 Å². The van der Waals surface area contributed by atoms with Gasteiger partial charge in [0.15, 0.2) is 0 Å². The molecule has 1 aliphatic heterocycles. The number of piperidine rings is 1. The van der Waals surface area contributed by atoms with E-state index in [1.807, 2.05) is 0 Å². The van der Waals surface area contributed by atoms with Crippen LogP contribution in [-0.4, -0.2) is 31.1 Å². The molecule has 0 saturated carbocycles. The zero-order valence-electron chi connectivity index (χ0n) is 11.1. The van der Waals surface area contributed by atoms with Gasteiger partial charge in [0.2, 0.25) is 0 Å². The molecule has 0 aliphatic carbocycles. The molecule has 1 aliphatic rings. The van der Waals surface area contributed by atoms with Crippen molar-refractivity contribution in [3.05, 3.63) is 35.4 Å². The Kier molecular flexibility index (Phi) is 4.57. The molecule has 1 aromatic rings. The Morgan fingerprint density at radius 3 is 2.59 bits per heavy atom. The minimum absolute atomic E-state index is 0.679. The van der Waals surface area contributed by atoms with Gasteiger partial charge < -0.3 is 5.32 Å². The lowest BCUT2D eigenvalue weighted by molar-refractivity contribution is 0.188. The van der Waals surface area contributed by atoms with Crippen molar-refractivity contribution in [1.29, 1.82) is 0 Å². The molecule has 1 N–H and O–H groups in total. The third-order valence-electron chi connectivity index (χ3n) is 3.75. The summed E-state index contributed by atoms with van der Waals surface area (Å²) in [5.74, 6) is 0. The predicted octanol–water partition coefficient (Wildman–Crippen LogP) is 2.43. The van der Waals surface area contributed by atoms with Gasteiger partial charge in [0, 0.05) is 19.1 Å². The molecule has 17 heavy (non-hydrogen) atoms. The molecule has 0 bridgehead atoms. The van der Waals surface area contributed by atoms with E-state index in [4.69, 9.17) is 0 Å². The summed E-state index contributed by atoms with van der Waals surface area (Å²) in [7, 11) is 2.07. The molecule has 2 rings (SSSR count). The molecule has 1 heterocycles. The third-order valence-corrected chi connectivity index (χ3v) is 3.75. The van der Waals surface area contributed by atoms with Crippen molar-refractivity contribution < 1.29 is 0 Å². The fourth-order valence-corrected chi connectivity index (χ4v) is 2.57. The van der Waals surface area contributed by atoms with Gasteiger partial charge in [-0.15, -0.1) is 0 Å². The summed E-state index contributed by atoms with van der Waals surface area (Å²) in [6.07, 6.45) is 3.77. The van der Waals surface area contributed by atoms with Gasteiger partial charge in [-0.25, -0.2) is 0 Å². The normalized spacial score (nSPS) is 21.6. The van der Waals surface area contributed by atoms with Crippen LogP contribution in [0.15, 0.2) is 24.3 Å². The maximum absolute atomic E-state index is 3.40. The SMILES string of the molecule is CCc1ccc(CN2CCCC(NC)C2)cc1. The zero-order valence-corrected chi connectivity index (χ0v) is 11.1. The lowest BCUT2D eigenvalue weighted by Gasteiger charge is -2.32. The number of aryl methyl sites for hydroxylation is 1. The van der Waals surface area contributed by atoms with Gasteiger partial charge in [0.1, 0.15) is 0 Å². The maximum atomic E-state index is 3.40. The standard InChI is InChI=1S/C15H24N2/c1-3-13-6-8-14(9-7-13)11-17-10-4-5-15(12-17)16-2/h6-9,15-16H,3-5,10-12H2,1-2H3. The van der Waals surface area contributed by atoms with Crippen LogP contribution in [0, 0.1) is 0 Å². The number of hydrogen-bond donors (Lipinski definition) is 1. The number of rotatable bonds is 4. The molecule has 1 unspecified atom stereocenters. The minimum atomic E-state index is 0.679. The van der Waals surface area contributed by atoms with Crippen LogP contribution < -0.4 is 5.32 Å². The summed E-state index contributed by atoms with van der Waals surface area (Å²) in [4.78, 5) is 2.56. The second kappa shape index (κ2) is 6.18.